The Bertz CT molecular complexity index is 1100. The highest BCUT2D eigenvalue weighted by Gasteiger charge is 2.14. The van der Waals surface area contributed by atoms with E-state index in [0.29, 0.717) is 27.9 Å². The number of halogens is 2. The number of amides is 1. The number of carbonyl (C=O) groups is 1. The lowest BCUT2D eigenvalue weighted by Crippen LogP contribution is -2.10. The largest absolute Gasteiger partial charge is 0.451 e. The number of anilines is 1. The summed E-state index contributed by atoms with van der Waals surface area (Å²) in [5.74, 6) is -0.0614. The van der Waals surface area contributed by atoms with Crippen LogP contribution < -0.4 is 5.32 Å². The number of rotatable bonds is 5. The topological polar surface area (TPSA) is 55.1 Å². The summed E-state index contributed by atoms with van der Waals surface area (Å²) in [6.45, 7) is 0. The Balaban J connectivity index is 1.42. The van der Waals surface area contributed by atoms with Crippen molar-refractivity contribution in [3.05, 3.63) is 93.9 Å². The van der Waals surface area contributed by atoms with Gasteiger partial charge in [0, 0.05) is 28.1 Å². The lowest BCUT2D eigenvalue weighted by molar-refractivity contribution is 0.0997. The minimum atomic E-state index is -0.388. The highest BCUT2D eigenvalue weighted by Crippen LogP contribution is 2.25. The summed E-state index contributed by atoms with van der Waals surface area (Å²) < 4.78 is 18.6. The van der Waals surface area contributed by atoms with Gasteiger partial charge in [-0.1, -0.05) is 23.7 Å². The molecule has 28 heavy (non-hydrogen) atoms. The summed E-state index contributed by atoms with van der Waals surface area (Å²) in [5, 5.41) is 3.93. The Kier molecular flexibility index (Phi) is 5.23. The summed E-state index contributed by atoms with van der Waals surface area (Å²) in [4.78, 5) is 17.7. The Morgan fingerprint density at radius 1 is 1.07 bits per heavy atom. The van der Waals surface area contributed by atoms with Crippen molar-refractivity contribution in [3.63, 3.8) is 0 Å². The predicted molar refractivity (Wildman–Crippen MR) is 108 cm³/mol. The van der Waals surface area contributed by atoms with Crippen LogP contribution in [-0.4, -0.2) is 10.9 Å². The van der Waals surface area contributed by atoms with E-state index in [0.717, 1.165) is 10.4 Å². The second-order valence-corrected chi connectivity index (χ2v) is 7.61. The van der Waals surface area contributed by atoms with E-state index in [4.69, 9.17) is 16.0 Å². The molecule has 7 heteroatoms. The molecule has 1 amide bonds. The maximum atomic E-state index is 13.0. The van der Waals surface area contributed by atoms with E-state index in [-0.39, 0.29) is 17.5 Å². The number of thiazole rings is 1. The van der Waals surface area contributed by atoms with Crippen LogP contribution in [0.15, 0.2) is 71.3 Å². The number of benzene rings is 2. The maximum absolute atomic E-state index is 13.0. The molecule has 0 spiro atoms. The van der Waals surface area contributed by atoms with Gasteiger partial charge in [-0.3, -0.25) is 10.1 Å². The molecule has 0 unspecified atom stereocenters. The van der Waals surface area contributed by atoms with Crippen molar-refractivity contribution in [2.75, 3.05) is 5.32 Å². The zero-order valence-electron chi connectivity index (χ0n) is 14.5. The molecule has 0 radical (unpaired) electrons. The molecule has 0 aliphatic heterocycles. The molecule has 0 aliphatic carbocycles. The molecule has 1 N–H and O–H groups in total. The summed E-state index contributed by atoms with van der Waals surface area (Å²) >= 11 is 7.30. The van der Waals surface area contributed by atoms with Gasteiger partial charge in [0.15, 0.2) is 10.9 Å². The van der Waals surface area contributed by atoms with Crippen LogP contribution in [0.25, 0.3) is 11.3 Å². The van der Waals surface area contributed by atoms with Crippen molar-refractivity contribution >= 4 is 34.0 Å². The quantitative estimate of drug-likeness (QED) is 0.434. The Hall–Kier alpha value is -2.96. The van der Waals surface area contributed by atoms with Crippen LogP contribution in [0.4, 0.5) is 9.52 Å². The van der Waals surface area contributed by atoms with Crippen molar-refractivity contribution in [1.82, 2.24) is 4.98 Å². The van der Waals surface area contributed by atoms with Crippen molar-refractivity contribution in [2.45, 2.75) is 6.42 Å². The number of nitrogens with one attached hydrogen (secondary N) is 1. The lowest BCUT2D eigenvalue weighted by atomic mass is 10.1. The van der Waals surface area contributed by atoms with Crippen LogP contribution in [0, 0.1) is 5.82 Å². The standard InChI is InChI=1S/C21H14ClFN2O2S/c22-15-5-1-13(2-6-15)11-17-12-24-21(28-17)25-20(26)19-10-9-18(27-19)14-3-7-16(23)8-4-14/h1-10,12H,11H2,(H,24,25,26). The summed E-state index contributed by atoms with van der Waals surface area (Å²) in [7, 11) is 0. The van der Waals surface area contributed by atoms with Crippen LogP contribution in [0.1, 0.15) is 21.0 Å². The molecule has 0 atom stereocenters. The molecule has 0 fully saturated rings. The Morgan fingerprint density at radius 3 is 2.57 bits per heavy atom. The predicted octanol–water partition coefficient (Wildman–Crippen LogP) is 6.04. The van der Waals surface area contributed by atoms with Crippen LogP contribution >= 0.6 is 22.9 Å². The number of aromatic nitrogens is 1. The molecule has 0 saturated heterocycles. The van der Waals surface area contributed by atoms with Gasteiger partial charge in [0.05, 0.1) is 0 Å². The highest BCUT2D eigenvalue weighted by molar-refractivity contribution is 7.15. The van der Waals surface area contributed by atoms with Crippen LogP contribution in [-0.2, 0) is 6.42 Å². The average Bonchev–Trinajstić information content (AvgIpc) is 3.34. The number of nitrogens with zero attached hydrogens (tertiary/aromatic N) is 1. The normalized spacial score (nSPS) is 10.8. The molecule has 140 valence electrons. The lowest BCUT2D eigenvalue weighted by Gasteiger charge is -1.99. The highest BCUT2D eigenvalue weighted by atomic mass is 35.5. The summed E-state index contributed by atoms with van der Waals surface area (Å²) in [6.07, 6.45) is 2.45. The molecule has 0 bridgehead atoms. The monoisotopic (exact) mass is 412 g/mol. The van der Waals surface area contributed by atoms with Gasteiger partial charge >= 0.3 is 0 Å². The SMILES string of the molecule is O=C(Nc1ncc(Cc2ccc(Cl)cc2)s1)c1ccc(-c2ccc(F)cc2)o1. The van der Waals surface area contributed by atoms with Gasteiger partial charge in [0.2, 0.25) is 0 Å². The van der Waals surface area contributed by atoms with E-state index >= 15 is 0 Å². The van der Waals surface area contributed by atoms with Gasteiger partial charge in [-0.25, -0.2) is 9.37 Å². The summed E-state index contributed by atoms with van der Waals surface area (Å²) in [5.41, 5.74) is 1.81. The molecule has 4 nitrogen and oxygen atoms in total. The van der Waals surface area contributed by atoms with Crippen LogP contribution in [0.5, 0.6) is 0 Å². The van der Waals surface area contributed by atoms with E-state index in [2.05, 4.69) is 10.3 Å². The van der Waals surface area contributed by atoms with Gasteiger partial charge in [0.25, 0.3) is 5.91 Å². The zero-order chi connectivity index (χ0) is 19.5. The third-order valence-corrected chi connectivity index (χ3v) is 5.19. The number of hydrogen-bond donors (Lipinski definition) is 1. The molecule has 0 saturated carbocycles. The third-order valence-electron chi connectivity index (χ3n) is 4.02. The Labute approximate surface area is 169 Å². The molecule has 0 aliphatic rings. The number of furan rings is 1. The summed E-state index contributed by atoms with van der Waals surface area (Å²) in [6, 6.07) is 16.7. The zero-order valence-corrected chi connectivity index (χ0v) is 16.1. The van der Waals surface area contributed by atoms with Gasteiger partial charge in [-0.05, 0) is 54.1 Å². The first kappa shape index (κ1) is 18.4. The van der Waals surface area contributed by atoms with Gasteiger partial charge in [0.1, 0.15) is 11.6 Å². The van der Waals surface area contributed by atoms with Gasteiger partial charge in [-0.15, -0.1) is 11.3 Å². The fraction of sp³-hybridized carbons (Fsp3) is 0.0476. The van der Waals surface area contributed by atoms with Crippen molar-refractivity contribution in [2.24, 2.45) is 0 Å². The first-order chi connectivity index (χ1) is 13.6. The van der Waals surface area contributed by atoms with Crippen LogP contribution in [0.3, 0.4) is 0 Å². The number of carbonyl (C=O) groups excluding carboxylic acids is 1. The van der Waals surface area contributed by atoms with Crippen molar-refractivity contribution < 1.29 is 13.6 Å². The van der Waals surface area contributed by atoms with E-state index in [1.807, 2.05) is 24.3 Å². The molecular formula is C21H14ClFN2O2S. The molecule has 2 aromatic heterocycles. The smallest absolute Gasteiger partial charge is 0.293 e. The first-order valence-electron chi connectivity index (χ1n) is 8.43. The van der Waals surface area contributed by atoms with E-state index in [1.54, 1.807) is 30.5 Å². The molecule has 2 aromatic carbocycles. The van der Waals surface area contributed by atoms with Crippen molar-refractivity contribution in [3.8, 4) is 11.3 Å². The van der Waals surface area contributed by atoms with E-state index < -0.39 is 0 Å². The second kappa shape index (κ2) is 7.96. The Morgan fingerprint density at radius 2 is 1.82 bits per heavy atom. The van der Waals surface area contributed by atoms with Gasteiger partial charge in [-0.2, -0.15) is 0 Å². The van der Waals surface area contributed by atoms with Crippen LogP contribution in [0.2, 0.25) is 5.02 Å². The molecule has 4 rings (SSSR count). The third kappa shape index (κ3) is 4.30. The minimum Gasteiger partial charge on any atom is -0.451 e. The molecule has 2 heterocycles. The maximum Gasteiger partial charge on any atom is 0.293 e. The van der Waals surface area contributed by atoms with Gasteiger partial charge < -0.3 is 4.42 Å². The average molecular weight is 413 g/mol. The molecule has 4 aromatic rings. The van der Waals surface area contributed by atoms with Crippen molar-refractivity contribution in [1.29, 1.82) is 0 Å². The molecular weight excluding hydrogens is 399 g/mol. The van der Waals surface area contributed by atoms with E-state index in [9.17, 15) is 9.18 Å². The minimum absolute atomic E-state index is 0.161. The second-order valence-electron chi connectivity index (χ2n) is 6.06. The van der Waals surface area contributed by atoms with E-state index in [1.165, 1.54) is 23.5 Å². The number of hydrogen-bond acceptors (Lipinski definition) is 4. The fourth-order valence-electron chi connectivity index (χ4n) is 2.64. The first-order valence-corrected chi connectivity index (χ1v) is 9.62. The fourth-order valence-corrected chi connectivity index (χ4v) is 3.61.